The molecule has 1 aromatic heterocycles. The number of hydrogen-bond donors (Lipinski definition) is 0. The lowest BCUT2D eigenvalue weighted by Crippen LogP contribution is -2.43. The van der Waals surface area contributed by atoms with Gasteiger partial charge in [-0.25, -0.2) is 4.79 Å². The van der Waals surface area contributed by atoms with Crippen LogP contribution in [0.4, 0.5) is 0 Å². The number of rotatable bonds is 8. The smallest absolute Gasteiger partial charge is 0.355 e. The second-order valence-corrected chi connectivity index (χ2v) is 7.04. The number of ether oxygens (including phenoxy) is 1. The number of carbonyl (C=O) groups excluding carboxylic acids is 3. The Morgan fingerprint density at radius 1 is 1.08 bits per heavy atom. The Kier molecular flexibility index (Phi) is 7.60. The van der Waals surface area contributed by atoms with Crippen molar-refractivity contribution in [3.8, 4) is 0 Å². The molecule has 0 spiro atoms. The fraction of sp³-hybridized carbons (Fsp3) is 0.650. The molecule has 0 unspecified atom stereocenters. The van der Waals surface area contributed by atoms with Gasteiger partial charge in [-0.1, -0.05) is 13.8 Å². The first-order chi connectivity index (χ1) is 12.1. The van der Waals surface area contributed by atoms with Gasteiger partial charge in [-0.05, 0) is 47.1 Å². The Hall–Kier alpha value is -2.11. The highest BCUT2D eigenvalue weighted by molar-refractivity contribution is 6.04. The van der Waals surface area contributed by atoms with Gasteiger partial charge in [0.2, 0.25) is 5.91 Å². The molecule has 0 aliphatic carbocycles. The Morgan fingerprint density at radius 2 is 1.65 bits per heavy atom. The van der Waals surface area contributed by atoms with E-state index in [0.29, 0.717) is 23.4 Å². The molecule has 1 heterocycles. The lowest BCUT2D eigenvalue weighted by molar-refractivity contribution is -0.135. The standard InChI is InChI=1S/C20H32N2O4/c1-9-21-15(8)17(14(7)18(21)20(25)26-10-2)16(23)11-22(13(5)6)19(24)12(3)4/h12-13H,9-11H2,1-8H3. The van der Waals surface area contributed by atoms with Crippen LogP contribution in [0.15, 0.2) is 0 Å². The third-order valence-corrected chi connectivity index (χ3v) is 4.54. The van der Waals surface area contributed by atoms with Crippen molar-refractivity contribution in [3.63, 3.8) is 0 Å². The number of hydrogen-bond acceptors (Lipinski definition) is 4. The summed E-state index contributed by atoms with van der Waals surface area (Å²) in [5.41, 5.74) is 2.28. The topological polar surface area (TPSA) is 68.6 Å². The van der Waals surface area contributed by atoms with Crippen molar-refractivity contribution >= 4 is 17.7 Å². The summed E-state index contributed by atoms with van der Waals surface area (Å²) >= 11 is 0. The normalized spacial score (nSPS) is 11.2. The summed E-state index contributed by atoms with van der Waals surface area (Å²) < 4.78 is 6.96. The van der Waals surface area contributed by atoms with Crippen molar-refractivity contribution in [2.24, 2.45) is 5.92 Å². The van der Waals surface area contributed by atoms with Crippen LogP contribution >= 0.6 is 0 Å². The van der Waals surface area contributed by atoms with E-state index in [-0.39, 0.29) is 36.8 Å². The molecule has 0 radical (unpaired) electrons. The maximum atomic E-state index is 13.0. The summed E-state index contributed by atoms with van der Waals surface area (Å²) in [6.45, 7) is 15.6. The molecular formula is C20H32N2O4. The van der Waals surface area contributed by atoms with Crippen molar-refractivity contribution in [1.29, 1.82) is 0 Å². The molecular weight excluding hydrogens is 332 g/mol. The lowest BCUT2D eigenvalue weighted by Gasteiger charge is -2.28. The van der Waals surface area contributed by atoms with E-state index in [0.717, 1.165) is 5.69 Å². The molecule has 0 saturated heterocycles. The van der Waals surface area contributed by atoms with Crippen molar-refractivity contribution in [2.45, 2.75) is 68.0 Å². The average Bonchev–Trinajstić information content (AvgIpc) is 2.81. The number of aromatic nitrogens is 1. The number of nitrogens with zero attached hydrogens (tertiary/aromatic N) is 2. The molecule has 6 nitrogen and oxygen atoms in total. The average molecular weight is 364 g/mol. The highest BCUT2D eigenvalue weighted by Gasteiger charge is 2.29. The van der Waals surface area contributed by atoms with Crippen LogP contribution in [0.3, 0.4) is 0 Å². The first-order valence-electron chi connectivity index (χ1n) is 9.28. The second kappa shape index (κ2) is 9.01. The van der Waals surface area contributed by atoms with Gasteiger partial charge in [0, 0.05) is 29.8 Å². The molecule has 0 saturated carbocycles. The molecule has 26 heavy (non-hydrogen) atoms. The van der Waals surface area contributed by atoms with Gasteiger partial charge in [0.25, 0.3) is 0 Å². The summed E-state index contributed by atoms with van der Waals surface area (Å²) in [6, 6.07) is -0.0766. The number of Topliss-reactive ketones (excluding diaryl/α,β-unsaturated/α-hetero) is 1. The Balaban J connectivity index is 3.32. The molecule has 0 atom stereocenters. The van der Waals surface area contributed by atoms with Gasteiger partial charge in [-0.2, -0.15) is 0 Å². The van der Waals surface area contributed by atoms with Crippen LogP contribution in [-0.2, 0) is 16.1 Å². The van der Waals surface area contributed by atoms with E-state index < -0.39 is 5.97 Å². The minimum atomic E-state index is -0.423. The SMILES string of the molecule is CCOC(=O)c1c(C)c(C(=O)CN(C(=O)C(C)C)C(C)C)c(C)n1CC. The predicted octanol–water partition coefficient (Wildman–Crippen LogP) is 3.38. The molecule has 0 bridgehead atoms. The van der Waals surface area contributed by atoms with E-state index in [1.54, 1.807) is 18.7 Å². The van der Waals surface area contributed by atoms with Crippen LogP contribution in [0.1, 0.15) is 73.6 Å². The first kappa shape index (κ1) is 21.9. The lowest BCUT2D eigenvalue weighted by atomic mass is 10.0. The van der Waals surface area contributed by atoms with Crippen LogP contribution in [0.5, 0.6) is 0 Å². The molecule has 0 aromatic carbocycles. The molecule has 1 amide bonds. The molecule has 1 aromatic rings. The number of carbonyl (C=O) groups is 3. The highest BCUT2D eigenvalue weighted by Crippen LogP contribution is 2.24. The van der Waals surface area contributed by atoms with Crippen molar-refractivity contribution in [1.82, 2.24) is 9.47 Å². The fourth-order valence-corrected chi connectivity index (χ4v) is 3.24. The molecule has 1 rings (SSSR count). The number of esters is 1. The minimum absolute atomic E-state index is 0.00630. The Labute approximate surface area is 156 Å². The second-order valence-electron chi connectivity index (χ2n) is 7.04. The number of amides is 1. The zero-order valence-electron chi connectivity index (χ0n) is 17.3. The predicted molar refractivity (Wildman–Crippen MR) is 102 cm³/mol. The van der Waals surface area contributed by atoms with E-state index in [4.69, 9.17) is 4.74 Å². The van der Waals surface area contributed by atoms with Gasteiger partial charge in [-0.15, -0.1) is 0 Å². The van der Waals surface area contributed by atoms with E-state index >= 15 is 0 Å². The van der Waals surface area contributed by atoms with Crippen LogP contribution in [-0.4, -0.2) is 46.3 Å². The molecule has 0 N–H and O–H groups in total. The summed E-state index contributed by atoms with van der Waals surface area (Å²) in [5, 5.41) is 0. The van der Waals surface area contributed by atoms with Gasteiger partial charge in [0.15, 0.2) is 5.78 Å². The first-order valence-corrected chi connectivity index (χ1v) is 9.28. The van der Waals surface area contributed by atoms with Crippen LogP contribution in [0.2, 0.25) is 0 Å². The third-order valence-electron chi connectivity index (χ3n) is 4.54. The van der Waals surface area contributed by atoms with E-state index in [9.17, 15) is 14.4 Å². The summed E-state index contributed by atoms with van der Waals surface area (Å²) in [4.78, 5) is 39.4. The van der Waals surface area contributed by atoms with Crippen molar-refractivity contribution < 1.29 is 19.1 Å². The molecule has 146 valence electrons. The summed E-state index contributed by atoms with van der Waals surface area (Å²) in [5.74, 6) is -0.805. The van der Waals surface area contributed by atoms with Crippen LogP contribution in [0, 0.1) is 19.8 Å². The van der Waals surface area contributed by atoms with Gasteiger partial charge >= 0.3 is 5.97 Å². The molecule has 0 aliphatic heterocycles. The Bertz CT molecular complexity index is 686. The van der Waals surface area contributed by atoms with Gasteiger partial charge < -0.3 is 14.2 Å². The fourth-order valence-electron chi connectivity index (χ4n) is 3.24. The van der Waals surface area contributed by atoms with Gasteiger partial charge in [0.05, 0.1) is 13.2 Å². The monoisotopic (exact) mass is 364 g/mol. The largest absolute Gasteiger partial charge is 0.461 e. The summed E-state index contributed by atoms with van der Waals surface area (Å²) in [7, 11) is 0. The molecule has 0 aliphatic rings. The van der Waals surface area contributed by atoms with Gasteiger partial charge in [0.1, 0.15) is 5.69 Å². The van der Waals surface area contributed by atoms with Crippen LogP contribution < -0.4 is 0 Å². The van der Waals surface area contributed by atoms with E-state index in [2.05, 4.69) is 0 Å². The maximum Gasteiger partial charge on any atom is 0.355 e. The van der Waals surface area contributed by atoms with Crippen molar-refractivity contribution in [2.75, 3.05) is 13.2 Å². The highest BCUT2D eigenvalue weighted by atomic mass is 16.5. The number of ketones is 1. The zero-order chi connectivity index (χ0) is 20.2. The molecule has 0 fully saturated rings. The summed E-state index contributed by atoms with van der Waals surface area (Å²) in [6.07, 6.45) is 0. The van der Waals surface area contributed by atoms with E-state index in [1.165, 1.54) is 0 Å². The molecule has 6 heteroatoms. The quantitative estimate of drug-likeness (QED) is 0.524. The van der Waals surface area contributed by atoms with E-state index in [1.807, 2.05) is 46.1 Å². The Morgan fingerprint density at radius 3 is 2.08 bits per heavy atom. The van der Waals surface area contributed by atoms with Gasteiger partial charge in [-0.3, -0.25) is 9.59 Å². The zero-order valence-corrected chi connectivity index (χ0v) is 17.3. The minimum Gasteiger partial charge on any atom is -0.461 e. The van der Waals surface area contributed by atoms with Crippen LogP contribution in [0.25, 0.3) is 0 Å². The van der Waals surface area contributed by atoms with Crippen molar-refractivity contribution in [3.05, 3.63) is 22.5 Å². The maximum absolute atomic E-state index is 13.0. The third kappa shape index (κ3) is 4.34.